The molecule has 1 atom stereocenters. The van der Waals surface area contributed by atoms with E-state index in [1.807, 2.05) is 24.3 Å². The van der Waals surface area contributed by atoms with Crippen molar-refractivity contribution in [3.63, 3.8) is 0 Å². The zero-order valence-electron chi connectivity index (χ0n) is 11.0. The summed E-state index contributed by atoms with van der Waals surface area (Å²) in [7, 11) is 0. The fourth-order valence-electron chi connectivity index (χ4n) is 2.76. The predicted molar refractivity (Wildman–Crippen MR) is 77.9 cm³/mol. The third-order valence-electron chi connectivity index (χ3n) is 3.70. The summed E-state index contributed by atoms with van der Waals surface area (Å²) in [6, 6.07) is 8.25. The second-order valence-electron chi connectivity index (χ2n) is 5.33. The maximum absolute atomic E-state index is 12.3. The molecule has 1 saturated heterocycles. The highest BCUT2D eigenvalue weighted by Gasteiger charge is 2.28. The summed E-state index contributed by atoms with van der Waals surface area (Å²) in [5.74, 6) is 0.842. The van der Waals surface area contributed by atoms with Gasteiger partial charge < -0.3 is 0 Å². The lowest BCUT2D eigenvalue weighted by atomic mass is 10.0. The van der Waals surface area contributed by atoms with Crippen LogP contribution in [0.2, 0.25) is 0 Å². The lowest BCUT2D eigenvalue weighted by Crippen LogP contribution is -2.37. The lowest BCUT2D eigenvalue weighted by molar-refractivity contribution is 0.0903. The molecule has 2 nitrogen and oxygen atoms in total. The van der Waals surface area contributed by atoms with Crippen molar-refractivity contribution >= 4 is 21.7 Å². The number of hydrogen-bond acceptors (Lipinski definition) is 2. The largest absolute Gasteiger partial charge is 0.293 e. The quantitative estimate of drug-likeness (QED) is 0.789. The molecule has 0 aliphatic carbocycles. The van der Waals surface area contributed by atoms with Crippen molar-refractivity contribution in [3.05, 3.63) is 34.3 Å². The summed E-state index contributed by atoms with van der Waals surface area (Å²) >= 11 is 3.45. The average Bonchev–Trinajstić information content (AvgIpc) is 2.77. The Hall–Kier alpha value is -0.670. The van der Waals surface area contributed by atoms with Gasteiger partial charge in [0.2, 0.25) is 0 Å². The van der Waals surface area contributed by atoms with Crippen LogP contribution in [0.3, 0.4) is 0 Å². The van der Waals surface area contributed by atoms with E-state index in [-0.39, 0.29) is 5.78 Å². The van der Waals surface area contributed by atoms with E-state index in [1.54, 1.807) is 0 Å². The first kappa shape index (κ1) is 13.8. The van der Waals surface area contributed by atoms with Crippen molar-refractivity contribution in [1.29, 1.82) is 0 Å². The zero-order valence-corrected chi connectivity index (χ0v) is 12.6. The van der Waals surface area contributed by atoms with Crippen LogP contribution in [0.5, 0.6) is 0 Å². The van der Waals surface area contributed by atoms with Crippen molar-refractivity contribution in [2.75, 3.05) is 13.1 Å². The zero-order chi connectivity index (χ0) is 13.1. The van der Waals surface area contributed by atoms with Gasteiger partial charge in [-0.05, 0) is 31.4 Å². The van der Waals surface area contributed by atoms with Crippen LogP contribution >= 0.6 is 15.9 Å². The van der Waals surface area contributed by atoms with Gasteiger partial charge in [0.1, 0.15) is 0 Å². The molecule has 1 aliphatic heterocycles. The third kappa shape index (κ3) is 3.01. The highest BCUT2D eigenvalue weighted by Crippen LogP contribution is 2.24. The van der Waals surface area contributed by atoms with Gasteiger partial charge in [0, 0.05) is 16.1 Å². The fraction of sp³-hybridized carbons (Fsp3) is 0.533. The average molecular weight is 310 g/mol. The molecule has 0 N–H and O–H groups in total. The molecule has 0 aromatic heterocycles. The van der Waals surface area contributed by atoms with Gasteiger partial charge in [-0.3, -0.25) is 9.69 Å². The van der Waals surface area contributed by atoms with E-state index < -0.39 is 0 Å². The number of hydrogen-bond donors (Lipinski definition) is 0. The van der Waals surface area contributed by atoms with Crippen molar-refractivity contribution < 1.29 is 4.79 Å². The van der Waals surface area contributed by atoms with Gasteiger partial charge in [-0.15, -0.1) is 0 Å². The number of carbonyl (C=O) groups is 1. The Labute approximate surface area is 117 Å². The van der Waals surface area contributed by atoms with Crippen LogP contribution in [-0.4, -0.2) is 29.8 Å². The topological polar surface area (TPSA) is 20.3 Å². The molecule has 0 spiro atoms. The molecule has 0 bridgehead atoms. The monoisotopic (exact) mass is 309 g/mol. The van der Waals surface area contributed by atoms with Gasteiger partial charge in [-0.25, -0.2) is 0 Å². The summed E-state index contributed by atoms with van der Waals surface area (Å²) in [6.45, 7) is 6.09. The highest BCUT2D eigenvalue weighted by molar-refractivity contribution is 9.10. The van der Waals surface area contributed by atoms with E-state index in [0.717, 1.165) is 16.6 Å². The van der Waals surface area contributed by atoms with E-state index in [4.69, 9.17) is 0 Å². The summed E-state index contributed by atoms with van der Waals surface area (Å²) in [4.78, 5) is 14.7. The number of halogens is 1. The SMILES string of the molecule is CC(C)C1CCCN1CC(=O)c1ccccc1Br. The molecule has 1 aromatic rings. The molecule has 18 heavy (non-hydrogen) atoms. The Balaban J connectivity index is 2.06. The Morgan fingerprint density at radius 2 is 2.17 bits per heavy atom. The van der Waals surface area contributed by atoms with Gasteiger partial charge in [-0.1, -0.05) is 48.0 Å². The second-order valence-corrected chi connectivity index (χ2v) is 6.18. The molecule has 1 fully saturated rings. The molecular formula is C15H20BrNO. The molecule has 0 radical (unpaired) electrons. The van der Waals surface area contributed by atoms with Crippen molar-refractivity contribution in [2.24, 2.45) is 5.92 Å². The Kier molecular flexibility index (Phi) is 4.57. The highest BCUT2D eigenvalue weighted by atomic mass is 79.9. The predicted octanol–water partition coefficient (Wildman–Crippen LogP) is 3.75. The van der Waals surface area contributed by atoms with E-state index in [0.29, 0.717) is 18.5 Å². The van der Waals surface area contributed by atoms with Crippen LogP contribution < -0.4 is 0 Å². The third-order valence-corrected chi connectivity index (χ3v) is 4.40. The Morgan fingerprint density at radius 1 is 1.44 bits per heavy atom. The lowest BCUT2D eigenvalue weighted by Gasteiger charge is -2.26. The molecule has 1 aliphatic rings. The van der Waals surface area contributed by atoms with Gasteiger partial charge in [0.05, 0.1) is 6.54 Å². The summed E-state index contributed by atoms with van der Waals surface area (Å²) in [5.41, 5.74) is 0.798. The van der Waals surface area contributed by atoms with Crippen LogP contribution in [0.25, 0.3) is 0 Å². The Bertz CT molecular complexity index is 430. The van der Waals surface area contributed by atoms with Gasteiger partial charge in [-0.2, -0.15) is 0 Å². The molecular weight excluding hydrogens is 290 g/mol. The number of Topliss-reactive ketones (excluding diaryl/α,β-unsaturated/α-hetero) is 1. The minimum absolute atomic E-state index is 0.218. The first-order valence-corrected chi connectivity index (χ1v) is 7.40. The molecule has 1 aromatic carbocycles. The normalized spacial score (nSPS) is 20.6. The number of ketones is 1. The number of nitrogens with zero attached hydrogens (tertiary/aromatic N) is 1. The van der Waals surface area contributed by atoms with E-state index in [1.165, 1.54) is 12.8 Å². The minimum Gasteiger partial charge on any atom is -0.293 e. The number of likely N-dealkylation sites (tertiary alicyclic amines) is 1. The van der Waals surface area contributed by atoms with Crippen LogP contribution in [0.15, 0.2) is 28.7 Å². The molecule has 0 amide bonds. The molecule has 1 unspecified atom stereocenters. The van der Waals surface area contributed by atoms with Crippen LogP contribution in [0.1, 0.15) is 37.0 Å². The molecule has 2 rings (SSSR count). The summed E-state index contributed by atoms with van der Waals surface area (Å²) < 4.78 is 0.898. The van der Waals surface area contributed by atoms with Gasteiger partial charge in [0.15, 0.2) is 5.78 Å². The number of carbonyl (C=O) groups excluding carboxylic acids is 1. The first-order chi connectivity index (χ1) is 8.59. The summed E-state index contributed by atoms with van der Waals surface area (Å²) in [6.07, 6.45) is 2.44. The van der Waals surface area contributed by atoms with Crippen molar-refractivity contribution in [3.8, 4) is 0 Å². The standard InChI is InChI=1S/C15H20BrNO/c1-11(2)14-8-5-9-17(14)10-15(18)12-6-3-4-7-13(12)16/h3-4,6-7,11,14H,5,8-10H2,1-2H3. The van der Waals surface area contributed by atoms with E-state index in [2.05, 4.69) is 34.7 Å². The van der Waals surface area contributed by atoms with Crippen molar-refractivity contribution in [2.45, 2.75) is 32.7 Å². The van der Waals surface area contributed by atoms with Crippen LogP contribution in [-0.2, 0) is 0 Å². The molecule has 3 heteroatoms. The first-order valence-electron chi connectivity index (χ1n) is 6.61. The maximum atomic E-state index is 12.3. The smallest absolute Gasteiger partial charge is 0.177 e. The van der Waals surface area contributed by atoms with Crippen molar-refractivity contribution in [1.82, 2.24) is 4.90 Å². The second kappa shape index (κ2) is 5.98. The fourth-order valence-corrected chi connectivity index (χ4v) is 3.27. The molecule has 98 valence electrons. The van der Waals surface area contributed by atoms with Gasteiger partial charge in [0.25, 0.3) is 0 Å². The maximum Gasteiger partial charge on any atom is 0.177 e. The minimum atomic E-state index is 0.218. The van der Waals surface area contributed by atoms with Gasteiger partial charge >= 0.3 is 0 Å². The molecule has 0 saturated carbocycles. The number of rotatable bonds is 4. The summed E-state index contributed by atoms with van der Waals surface area (Å²) in [5, 5.41) is 0. The van der Waals surface area contributed by atoms with E-state index in [9.17, 15) is 4.79 Å². The van der Waals surface area contributed by atoms with E-state index >= 15 is 0 Å². The van der Waals surface area contributed by atoms with Crippen LogP contribution in [0, 0.1) is 5.92 Å². The number of benzene rings is 1. The molecule has 1 heterocycles. The Morgan fingerprint density at radius 3 is 2.83 bits per heavy atom. The van der Waals surface area contributed by atoms with Crippen LogP contribution in [0.4, 0.5) is 0 Å².